The largest absolute Gasteiger partial charge is 0.298 e. The molecule has 0 bridgehead atoms. The Morgan fingerprint density at radius 2 is 1.65 bits per heavy atom. The van der Waals surface area contributed by atoms with Crippen LogP contribution in [0.5, 0.6) is 0 Å². The van der Waals surface area contributed by atoms with Crippen LogP contribution in [0.2, 0.25) is 20.1 Å². The van der Waals surface area contributed by atoms with Crippen LogP contribution in [0.25, 0.3) is 0 Å². The SMILES string of the molecule is O=Cc1ccc(Cl)c(C(=O)c2ccc(Cl)cc2Cl)c1Cl. The third-order valence-corrected chi connectivity index (χ3v) is 3.92. The summed E-state index contributed by atoms with van der Waals surface area (Å²) < 4.78 is 0. The lowest BCUT2D eigenvalue weighted by Crippen LogP contribution is -2.05. The summed E-state index contributed by atoms with van der Waals surface area (Å²) in [4.78, 5) is 23.4. The molecule has 2 aromatic carbocycles. The van der Waals surface area contributed by atoms with Gasteiger partial charge in [0.1, 0.15) is 0 Å². The Morgan fingerprint density at radius 1 is 0.950 bits per heavy atom. The lowest BCUT2D eigenvalue weighted by Gasteiger charge is -2.09. The summed E-state index contributed by atoms with van der Waals surface area (Å²) in [6.07, 6.45) is 0.554. The molecule has 2 rings (SSSR count). The second kappa shape index (κ2) is 6.15. The van der Waals surface area contributed by atoms with Crippen molar-refractivity contribution in [3.63, 3.8) is 0 Å². The van der Waals surface area contributed by atoms with E-state index in [0.29, 0.717) is 11.3 Å². The minimum atomic E-state index is -0.467. The number of hydrogen-bond donors (Lipinski definition) is 0. The van der Waals surface area contributed by atoms with Crippen LogP contribution in [0.1, 0.15) is 26.3 Å². The number of carbonyl (C=O) groups is 2. The summed E-state index contributed by atoms with van der Waals surface area (Å²) >= 11 is 23.8. The van der Waals surface area contributed by atoms with E-state index in [-0.39, 0.29) is 31.8 Å². The summed E-state index contributed by atoms with van der Waals surface area (Å²) in [5, 5.41) is 0.747. The summed E-state index contributed by atoms with van der Waals surface area (Å²) in [5.74, 6) is -0.467. The van der Waals surface area contributed by atoms with E-state index in [0.717, 1.165) is 0 Å². The van der Waals surface area contributed by atoms with Crippen LogP contribution < -0.4 is 0 Å². The van der Waals surface area contributed by atoms with Crippen LogP contribution in [0.3, 0.4) is 0 Å². The fraction of sp³-hybridized carbons (Fsp3) is 0. The second-order valence-corrected chi connectivity index (χ2v) is 5.53. The highest BCUT2D eigenvalue weighted by Crippen LogP contribution is 2.32. The van der Waals surface area contributed by atoms with E-state index >= 15 is 0 Å². The Labute approximate surface area is 135 Å². The quantitative estimate of drug-likeness (QED) is 0.554. The van der Waals surface area contributed by atoms with Gasteiger partial charge < -0.3 is 0 Å². The van der Waals surface area contributed by atoms with Crippen molar-refractivity contribution in [2.24, 2.45) is 0 Å². The molecule has 0 saturated carbocycles. The van der Waals surface area contributed by atoms with Crippen LogP contribution in [0.4, 0.5) is 0 Å². The second-order valence-electron chi connectivity index (χ2n) is 3.90. The third-order valence-electron chi connectivity index (χ3n) is 2.65. The molecule has 0 atom stereocenters. The predicted molar refractivity (Wildman–Crippen MR) is 81.7 cm³/mol. The van der Waals surface area contributed by atoms with Crippen molar-refractivity contribution >= 4 is 58.5 Å². The van der Waals surface area contributed by atoms with Crippen LogP contribution in [0, 0.1) is 0 Å². The van der Waals surface area contributed by atoms with Crippen LogP contribution in [0.15, 0.2) is 30.3 Å². The average molecular weight is 348 g/mol. The normalized spacial score (nSPS) is 10.4. The Balaban J connectivity index is 2.62. The van der Waals surface area contributed by atoms with Gasteiger partial charge in [-0.3, -0.25) is 9.59 Å². The van der Waals surface area contributed by atoms with Gasteiger partial charge in [-0.05, 0) is 30.3 Å². The first kappa shape index (κ1) is 15.3. The molecule has 0 heterocycles. The van der Waals surface area contributed by atoms with Crippen molar-refractivity contribution < 1.29 is 9.59 Å². The summed E-state index contributed by atoms with van der Waals surface area (Å²) in [7, 11) is 0. The zero-order chi connectivity index (χ0) is 14.9. The van der Waals surface area contributed by atoms with Crippen LogP contribution in [-0.2, 0) is 0 Å². The molecule has 2 nitrogen and oxygen atoms in total. The molecule has 0 fully saturated rings. The molecule has 0 aliphatic heterocycles. The number of rotatable bonds is 3. The van der Waals surface area contributed by atoms with E-state index in [2.05, 4.69) is 0 Å². The monoisotopic (exact) mass is 346 g/mol. The van der Waals surface area contributed by atoms with Gasteiger partial charge in [0, 0.05) is 16.1 Å². The number of benzene rings is 2. The van der Waals surface area contributed by atoms with Gasteiger partial charge in [0.05, 0.1) is 20.6 Å². The Hall–Kier alpha value is -1.06. The average Bonchev–Trinajstić information content (AvgIpc) is 2.38. The van der Waals surface area contributed by atoms with Gasteiger partial charge in [0.2, 0.25) is 0 Å². The van der Waals surface area contributed by atoms with Crippen LogP contribution in [-0.4, -0.2) is 12.1 Å². The Bertz CT molecular complexity index is 711. The van der Waals surface area contributed by atoms with Crippen LogP contribution >= 0.6 is 46.4 Å². The van der Waals surface area contributed by atoms with Crippen molar-refractivity contribution in [1.82, 2.24) is 0 Å². The lowest BCUT2D eigenvalue weighted by atomic mass is 10.0. The molecular weight excluding hydrogens is 342 g/mol. The highest BCUT2D eigenvalue weighted by molar-refractivity contribution is 6.44. The molecule has 2 aromatic rings. The highest BCUT2D eigenvalue weighted by Gasteiger charge is 2.21. The predicted octanol–water partition coefficient (Wildman–Crippen LogP) is 5.34. The van der Waals surface area contributed by atoms with Gasteiger partial charge in [0.25, 0.3) is 0 Å². The molecule has 0 N–H and O–H groups in total. The molecule has 0 aliphatic rings. The number of ketones is 1. The number of halogens is 4. The molecule has 20 heavy (non-hydrogen) atoms. The fourth-order valence-electron chi connectivity index (χ4n) is 1.68. The fourth-order valence-corrected chi connectivity index (χ4v) is 2.76. The van der Waals surface area contributed by atoms with Gasteiger partial charge >= 0.3 is 0 Å². The summed E-state index contributed by atoms with van der Waals surface area (Å²) in [6, 6.07) is 7.34. The van der Waals surface area contributed by atoms with Crippen molar-refractivity contribution in [3.8, 4) is 0 Å². The van der Waals surface area contributed by atoms with Crippen molar-refractivity contribution in [2.75, 3.05) is 0 Å². The Morgan fingerprint density at radius 3 is 2.25 bits per heavy atom. The van der Waals surface area contributed by atoms with Gasteiger partial charge in [0.15, 0.2) is 12.1 Å². The lowest BCUT2D eigenvalue weighted by molar-refractivity contribution is 0.103. The van der Waals surface area contributed by atoms with E-state index in [1.807, 2.05) is 0 Å². The van der Waals surface area contributed by atoms with Crippen molar-refractivity contribution in [2.45, 2.75) is 0 Å². The maximum absolute atomic E-state index is 12.5. The molecule has 102 valence electrons. The molecule has 0 radical (unpaired) electrons. The van der Waals surface area contributed by atoms with Gasteiger partial charge in [-0.25, -0.2) is 0 Å². The van der Waals surface area contributed by atoms with E-state index < -0.39 is 5.78 Å². The van der Waals surface area contributed by atoms with Crippen molar-refractivity contribution in [3.05, 3.63) is 67.1 Å². The number of carbonyl (C=O) groups excluding carboxylic acids is 2. The molecule has 0 spiro atoms. The first-order chi connectivity index (χ1) is 9.45. The molecule has 0 unspecified atom stereocenters. The first-order valence-corrected chi connectivity index (χ1v) is 6.90. The topological polar surface area (TPSA) is 34.1 Å². The molecule has 6 heteroatoms. The minimum Gasteiger partial charge on any atom is -0.298 e. The van der Waals surface area contributed by atoms with Gasteiger partial charge in [-0.1, -0.05) is 46.4 Å². The molecule has 0 aromatic heterocycles. The number of aldehydes is 1. The van der Waals surface area contributed by atoms with Crippen molar-refractivity contribution in [1.29, 1.82) is 0 Å². The van der Waals surface area contributed by atoms with E-state index in [4.69, 9.17) is 46.4 Å². The van der Waals surface area contributed by atoms with E-state index in [9.17, 15) is 9.59 Å². The van der Waals surface area contributed by atoms with E-state index in [1.54, 1.807) is 0 Å². The highest BCUT2D eigenvalue weighted by atomic mass is 35.5. The zero-order valence-electron chi connectivity index (χ0n) is 9.79. The first-order valence-electron chi connectivity index (χ1n) is 5.38. The molecular formula is C14H6Cl4O2. The summed E-state index contributed by atoms with van der Waals surface area (Å²) in [5.41, 5.74) is 0.439. The standard InChI is InChI=1S/C14H6Cl4O2/c15-8-2-3-9(11(17)5-8)14(20)12-10(16)4-1-7(6-19)13(12)18/h1-6H. The smallest absolute Gasteiger partial charge is 0.197 e. The Kier molecular flexibility index (Phi) is 4.71. The third kappa shape index (κ3) is 2.84. The molecule has 0 aliphatic carbocycles. The molecule has 0 amide bonds. The summed E-state index contributed by atoms with van der Waals surface area (Å²) in [6.45, 7) is 0. The van der Waals surface area contributed by atoms with Gasteiger partial charge in [-0.2, -0.15) is 0 Å². The van der Waals surface area contributed by atoms with Gasteiger partial charge in [-0.15, -0.1) is 0 Å². The maximum Gasteiger partial charge on any atom is 0.197 e. The zero-order valence-corrected chi connectivity index (χ0v) is 12.8. The van der Waals surface area contributed by atoms with E-state index in [1.165, 1.54) is 30.3 Å². The maximum atomic E-state index is 12.5. The molecule has 0 saturated heterocycles. The number of hydrogen-bond acceptors (Lipinski definition) is 2. The minimum absolute atomic E-state index is 0.00326.